The summed E-state index contributed by atoms with van der Waals surface area (Å²) in [7, 11) is 1.70. The van der Waals surface area contributed by atoms with Crippen molar-refractivity contribution in [1.29, 1.82) is 0 Å². The van der Waals surface area contributed by atoms with Crippen LogP contribution in [0.25, 0.3) is 0 Å². The quantitative estimate of drug-likeness (QED) is 0.447. The van der Waals surface area contributed by atoms with Crippen LogP contribution < -0.4 is 0 Å². The van der Waals surface area contributed by atoms with Gasteiger partial charge in [0, 0.05) is 20.1 Å². The lowest BCUT2D eigenvalue weighted by Crippen LogP contribution is -2.11. The fourth-order valence-electron chi connectivity index (χ4n) is 0.803. The molecule has 2 nitrogen and oxygen atoms in total. The SMILES string of the molecule is CC#CCCOC(C)CCOC. The van der Waals surface area contributed by atoms with E-state index in [-0.39, 0.29) is 6.10 Å². The highest BCUT2D eigenvalue weighted by molar-refractivity contribution is 4.94. The second kappa shape index (κ2) is 8.58. The molecule has 0 aromatic heterocycles. The molecule has 0 amide bonds. The first-order valence-corrected chi connectivity index (χ1v) is 4.31. The van der Waals surface area contributed by atoms with E-state index in [1.54, 1.807) is 7.11 Å². The number of methoxy groups -OCH3 is 1. The molecule has 0 aliphatic rings. The molecule has 0 fully saturated rings. The molecule has 0 radical (unpaired) electrons. The van der Waals surface area contributed by atoms with Crippen LogP contribution in [0.2, 0.25) is 0 Å². The van der Waals surface area contributed by atoms with E-state index < -0.39 is 0 Å². The molecule has 0 saturated carbocycles. The van der Waals surface area contributed by atoms with E-state index in [0.717, 1.165) is 26.1 Å². The molecular formula is C10H18O2. The standard InChI is InChI=1S/C10H18O2/c1-4-5-6-8-12-10(2)7-9-11-3/h10H,6-9H2,1-3H3. The number of hydrogen-bond acceptors (Lipinski definition) is 2. The van der Waals surface area contributed by atoms with E-state index in [9.17, 15) is 0 Å². The van der Waals surface area contributed by atoms with Crippen LogP contribution in [0.1, 0.15) is 26.7 Å². The number of ether oxygens (including phenoxy) is 2. The zero-order valence-corrected chi connectivity index (χ0v) is 8.22. The van der Waals surface area contributed by atoms with Crippen LogP contribution in [-0.4, -0.2) is 26.4 Å². The van der Waals surface area contributed by atoms with Crippen molar-refractivity contribution in [3.63, 3.8) is 0 Å². The maximum Gasteiger partial charge on any atom is 0.0579 e. The summed E-state index contributed by atoms with van der Waals surface area (Å²) in [5.74, 6) is 5.78. The monoisotopic (exact) mass is 170 g/mol. The Bertz CT molecular complexity index is 144. The number of rotatable bonds is 6. The average Bonchev–Trinajstić information content (AvgIpc) is 2.09. The molecule has 70 valence electrons. The first kappa shape index (κ1) is 11.5. The predicted octanol–water partition coefficient (Wildman–Crippen LogP) is 1.84. The van der Waals surface area contributed by atoms with Crippen molar-refractivity contribution < 1.29 is 9.47 Å². The van der Waals surface area contributed by atoms with Crippen LogP contribution in [0, 0.1) is 11.8 Å². The number of hydrogen-bond donors (Lipinski definition) is 0. The van der Waals surface area contributed by atoms with Crippen molar-refractivity contribution >= 4 is 0 Å². The van der Waals surface area contributed by atoms with Gasteiger partial charge < -0.3 is 9.47 Å². The summed E-state index contributed by atoms with van der Waals surface area (Å²) in [5.41, 5.74) is 0. The van der Waals surface area contributed by atoms with Gasteiger partial charge in [0.1, 0.15) is 0 Å². The van der Waals surface area contributed by atoms with Crippen LogP contribution in [0.5, 0.6) is 0 Å². The van der Waals surface area contributed by atoms with E-state index in [1.165, 1.54) is 0 Å². The molecule has 0 aliphatic heterocycles. The molecule has 0 aromatic rings. The molecule has 12 heavy (non-hydrogen) atoms. The van der Waals surface area contributed by atoms with Gasteiger partial charge in [-0.3, -0.25) is 0 Å². The minimum atomic E-state index is 0.281. The zero-order chi connectivity index (χ0) is 9.23. The first-order valence-electron chi connectivity index (χ1n) is 4.31. The fraction of sp³-hybridized carbons (Fsp3) is 0.800. The van der Waals surface area contributed by atoms with Crippen molar-refractivity contribution in [2.75, 3.05) is 20.3 Å². The molecule has 0 aliphatic carbocycles. The minimum absolute atomic E-state index is 0.281. The Hall–Kier alpha value is -0.520. The Morgan fingerprint density at radius 1 is 1.33 bits per heavy atom. The molecular weight excluding hydrogens is 152 g/mol. The van der Waals surface area contributed by atoms with Crippen LogP contribution in [0.4, 0.5) is 0 Å². The molecule has 0 aromatic carbocycles. The summed E-state index contributed by atoms with van der Waals surface area (Å²) < 4.78 is 10.4. The van der Waals surface area contributed by atoms with Crippen LogP contribution >= 0.6 is 0 Å². The molecule has 0 N–H and O–H groups in total. The molecule has 0 heterocycles. The van der Waals surface area contributed by atoms with Crippen LogP contribution in [0.15, 0.2) is 0 Å². The van der Waals surface area contributed by atoms with E-state index in [0.29, 0.717) is 0 Å². The Morgan fingerprint density at radius 3 is 2.67 bits per heavy atom. The van der Waals surface area contributed by atoms with E-state index >= 15 is 0 Å². The van der Waals surface area contributed by atoms with E-state index in [2.05, 4.69) is 18.8 Å². The second-order valence-electron chi connectivity index (χ2n) is 2.64. The zero-order valence-electron chi connectivity index (χ0n) is 8.22. The summed E-state index contributed by atoms with van der Waals surface area (Å²) >= 11 is 0. The maximum atomic E-state index is 5.46. The largest absolute Gasteiger partial charge is 0.385 e. The van der Waals surface area contributed by atoms with Crippen molar-refractivity contribution in [3.05, 3.63) is 0 Å². The fourth-order valence-corrected chi connectivity index (χ4v) is 0.803. The Labute approximate surface area is 75.3 Å². The molecule has 0 spiro atoms. The van der Waals surface area contributed by atoms with Gasteiger partial charge in [-0.2, -0.15) is 0 Å². The van der Waals surface area contributed by atoms with Crippen molar-refractivity contribution in [2.24, 2.45) is 0 Å². The lowest BCUT2D eigenvalue weighted by Gasteiger charge is -2.10. The highest BCUT2D eigenvalue weighted by Gasteiger charge is 1.99. The third kappa shape index (κ3) is 7.59. The molecule has 0 bridgehead atoms. The topological polar surface area (TPSA) is 18.5 Å². The van der Waals surface area contributed by atoms with E-state index in [4.69, 9.17) is 9.47 Å². The van der Waals surface area contributed by atoms with Gasteiger partial charge in [-0.15, -0.1) is 11.8 Å². The van der Waals surface area contributed by atoms with Crippen molar-refractivity contribution in [2.45, 2.75) is 32.8 Å². The van der Waals surface area contributed by atoms with Gasteiger partial charge in [0.05, 0.1) is 12.7 Å². The Kier molecular flexibility index (Phi) is 8.20. The summed E-state index contributed by atoms with van der Waals surface area (Å²) in [6.45, 7) is 5.39. The highest BCUT2D eigenvalue weighted by Crippen LogP contribution is 1.97. The summed E-state index contributed by atoms with van der Waals surface area (Å²) in [4.78, 5) is 0. The molecule has 0 rings (SSSR count). The second-order valence-corrected chi connectivity index (χ2v) is 2.64. The smallest absolute Gasteiger partial charge is 0.0579 e. The highest BCUT2D eigenvalue weighted by atomic mass is 16.5. The third-order valence-electron chi connectivity index (χ3n) is 1.53. The summed E-state index contributed by atoms with van der Waals surface area (Å²) in [6, 6.07) is 0. The van der Waals surface area contributed by atoms with Gasteiger partial charge in [-0.1, -0.05) is 0 Å². The van der Waals surface area contributed by atoms with Gasteiger partial charge >= 0.3 is 0 Å². The molecule has 1 atom stereocenters. The average molecular weight is 170 g/mol. The van der Waals surface area contributed by atoms with Crippen LogP contribution in [0.3, 0.4) is 0 Å². The lowest BCUT2D eigenvalue weighted by molar-refractivity contribution is 0.0442. The van der Waals surface area contributed by atoms with Gasteiger partial charge in [-0.25, -0.2) is 0 Å². The molecule has 0 saturated heterocycles. The van der Waals surface area contributed by atoms with Crippen molar-refractivity contribution in [1.82, 2.24) is 0 Å². The van der Waals surface area contributed by atoms with Gasteiger partial charge in [0.25, 0.3) is 0 Å². The van der Waals surface area contributed by atoms with Crippen LogP contribution in [-0.2, 0) is 9.47 Å². The lowest BCUT2D eigenvalue weighted by atomic mass is 10.3. The summed E-state index contributed by atoms with van der Waals surface area (Å²) in [5, 5.41) is 0. The van der Waals surface area contributed by atoms with Gasteiger partial charge in [0.15, 0.2) is 0 Å². The maximum absolute atomic E-state index is 5.46. The van der Waals surface area contributed by atoms with Gasteiger partial charge in [-0.05, 0) is 20.3 Å². The normalized spacial score (nSPS) is 11.9. The first-order chi connectivity index (χ1) is 5.81. The minimum Gasteiger partial charge on any atom is -0.385 e. The Morgan fingerprint density at radius 2 is 2.08 bits per heavy atom. The predicted molar refractivity (Wildman–Crippen MR) is 50.0 cm³/mol. The third-order valence-corrected chi connectivity index (χ3v) is 1.53. The summed E-state index contributed by atoms with van der Waals surface area (Å²) in [6.07, 6.45) is 2.06. The van der Waals surface area contributed by atoms with Crippen molar-refractivity contribution in [3.8, 4) is 11.8 Å². The van der Waals surface area contributed by atoms with Gasteiger partial charge in [0.2, 0.25) is 0 Å². The Balaban J connectivity index is 3.17. The molecule has 1 unspecified atom stereocenters. The van der Waals surface area contributed by atoms with E-state index in [1.807, 2.05) is 6.92 Å². The molecule has 2 heteroatoms.